The lowest BCUT2D eigenvalue weighted by Crippen LogP contribution is -2.36. The topological polar surface area (TPSA) is 159 Å². The van der Waals surface area contributed by atoms with Crippen molar-refractivity contribution in [1.82, 2.24) is 0 Å². The van der Waals surface area contributed by atoms with Gasteiger partial charge in [-0.05, 0) is 80.4 Å². The molecule has 4 atom stereocenters. The molecule has 0 unspecified atom stereocenters. The maximum Gasteiger partial charge on any atom is 0.513 e. The van der Waals surface area contributed by atoms with Crippen LogP contribution in [0.1, 0.15) is 49.5 Å². The van der Waals surface area contributed by atoms with Crippen LogP contribution < -0.4 is 9.47 Å². The fourth-order valence-electron chi connectivity index (χ4n) is 4.93. The minimum absolute atomic E-state index is 0.0736. The number of fused-ring (bicyclic) bond motifs is 1. The molecule has 5 rings (SSSR count). The van der Waals surface area contributed by atoms with Crippen molar-refractivity contribution < 1.29 is 61.9 Å². The lowest BCUT2D eigenvalue weighted by Gasteiger charge is -2.17. The van der Waals surface area contributed by atoms with Crippen LogP contribution in [0.5, 0.6) is 11.5 Å². The highest BCUT2D eigenvalue weighted by Crippen LogP contribution is 2.31. The zero-order valence-electron chi connectivity index (χ0n) is 26.6. The van der Waals surface area contributed by atoms with Gasteiger partial charge < -0.3 is 37.9 Å². The van der Waals surface area contributed by atoms with Crippen LogP contribution in [0.15, 0.2) is 85.5 Å². The van der Waals surface area contributed by atoms with Gasteiger partial charge in [-0.3, -0.25) is 0 Å². The maximum absolute atomic E-state index is 12.9. The standard InChI is InChI=1S/C36H34O13/c1-3-30(37)42-18-4-5-19-43-36(41)47-27-16-12-24(13-17-27)33(38)46-26-14-10-25(11-15-26)35(40)49-29-21-45-31-28(20-44-32(29)31)48-34(39)23-8-6-22(2)7-9-23/h3,6-17,28-29,31-32H,1,4-5,18-21H2,2H3/t28-,29-,31-,32-/m1/s1. The number of carbonyl (C=O) groups excluding carboxylic acids is 5. The average molecular weight is 675 g/mol. The van der Waals surface area contributed by atoms with Crippen molar-refractivity contribution in [3.8, 4) is 11.5 Å². The third-order valence-electron chi connectivity index (χ3n) is 7.53. The van der Waals surface area contributed by atoms with E-state index in [1.54, 1.807) is 12.1 Å². The van der Waals surface area contributed by atoms with Gasteiger partial charge in [-0.1, -0.05) is 24.3 Å². The predicted octanol–water partition coefficient (Wildman–Crippen LogP) is 4.79. The normalized spacial score (nSPS) is 19.2. The monoisotopic (exact) mass is 674 g/mol. The smallest absolute Gasteiger partial charge is 0.463 e. The van der Waals surface area contributed by atoms with Gasteiger partial charge >= 0.3 is 30.0 Å². The number of aryl methyl sites for hydroxylation is 1. The summed E-state index contributed by atoms with van der Waals surface area (Å²) < 4.78 is 43.1. The predicted molar refractivity (Wildman–Crippen MR) is 169 cm³/mol. The second-order valence-electron chi connectivity index (χ2n) is 11.1. The fourth-order valence-corrected chi connectivity index (χ4v) is 4.93. The summed E-state index contributed by atoms with van der Waals surface area (Å²) in [4.78, 5) is 60.9. The molecule has 49 heavy (non-hydrogen) atoms. The van der Waals surface area contributed by atoms with Crippen molar-refractivity contribution in [3.05, 3.63) is 108 Å². The zero-order chi connectivity index (χ0) is 34.8. The number of esters is 4. The quantitative estimate of drug-likeness (QED) is 0.0609. The van der Waals surface area contributed by atoms with Crippen LogP contribution >= 0.6 is 0 Å². The third-order valence-corrected chi connectivity index (χ3v) is 7.53. The lowest BCUT2D eigenvalue weighted by atomic mass is 10.1. The number of carbonyl (C=O) groups is 5. The second kappa shape index (κ2) is 16.5. The van der Waals surface area contributed by atoms with Crippen molar-refractivity contribution in [2.45, 2.75) is 44.2 Å². The lowest BCUT2D eigenvalue weighted by molar-refractivity contribution is -0.137. The van der Waals surface area contributed by atoms with Gasteiger partial charge in [0.05, 0.1) is 43.1 Å². The van der Waals surface area contributed by atoms with E-state index in [-0.39, 0.29) is 49.1 Å². The second-order valence-corrected chi connectivity index (χ2v) is 11.1. The molecule has 0 amide bonds. The summed E-state index contributed by atoms with van der Waals surface area (Å²) >= 11 is 0. The van der Waals surface area contributed by atoms with E-state index in [4.69, 9.17) is 37.9 Å². The molecular formula is C36H34O13. The van der Waals surface area contributed by atoms with Crippen molar-refractivity contribution in [1.29, 1.82) is 0 Å². The molecular weight excluding hydrogens is 640 g/mol. The minimum Gasteiger partial charge on any atom is -0.463 e. The highest BCUT2D eigenvalue weighted by atomic mass is 16.7. The number of hydrogen-bond acceptors (Lipinski definition) is 13. The molecule has 0 saturated carbocycles. The molecule has 0 spiro atoms. The average Bonchev–Trinajstić information content (AvgIpc) is 3.69. The minimum atomic E-state index is -0.920. The molecule has 256 valence electrons. The molecule has 0 radical (unpaired) electrons. The third kappa shape index (κ3) is 9.52. The van der Waals surface area contributed by atoms with Crippen molar-refractivity contribution in [3.63, 3.8) is 0 Å². The molecule has 2 fully saturated rings. The Bertz CT molecular complexity index is 1650. The highest BCUT2D eigenvalue weighted by molar-refractivity contribution is 5.92. The molecule has 13 nitrogen and oxygen atoms in total. The summed E-state index contributed by atoms with van der Waals surface area (Å²) in [6.07, 6.45) is -1.38. The van der Waals surface area contributed by atoms with E-state index in [0.717, 1.165) is 11.6 Å². The number of benzene rings is 3. The van der Waals surface area contributed by atoms with E-state index in [1.807, 2.05) is 19.1 Å². The molecule has 2 aliphatic heterocycles. The van der Waals surface area contributed by atoms with Crippen LogP contribution in [-0.4, -0.2) is 80.9 Å². The van der Waals surface area contributed by atoms with Crippen LogP contribution in [-0.2, 0) is 33.2 Å². The Morgan fingerprint density at radius 2 is 1.10 bits per heavy atom. The van der Waals surface area contributed by atoms with Crippen molar-refractivity contribution in [2.75, 3.05) is 26.4 Å². The Kier molecular flexibility index (Phi) is 11.7. The van der Waals surface area contributed by atoms with Gasteiger partial charge in [-0.25, -0.2) is 24.0 Å². The maximum atomic E-state index is 12.9. The van der Waals surface area contributed by atoms with Crippen LogP contribution in [0.3, 0.4) is 0 Å². The Hall–Kier alpha value is -5.53. The van der Waals surface area contributed by atoms with Gasteiger partial charge in [-0.15, -0.1) is 0 Å². The van der Waals surface area contributed by atoms with E-state index in [0.29, 0.717) is 18.4 Å². The van der Waals surface area contributed by atoms with Crippen molar-refractivity contribution >= 4 is 30.0 Å². The summed E-state index contributed by atoms with van der Waals surface area (Å²) in [5, 5.41) is 0. The first-order valence-electron chi connectivity index (χ1n) is 15.5. The Morgan fingerprint density at radius 1 is 0.653 bits per heavy atom. The summed E-state index contributed by atoms with van der Waals surface area (Å²) in [5.74, 6) is -1.96. The summed E-state index contributed by atoms with van der Waals surface area (Å²) in [5.41, 5.74) is 1.85. The molecule has 0 bridgehead atoms. The van der Waals surface area contributed by atoms with E-state index in [1.165, 1.54) is 48.5 Å². The molecule has 2 aliphatic rings. The molecule has 3 aromatic rings. The molecule has 3 aromatic carbocycles. The summed E-state index contributed by atoms with van der Waals surface area (Å²) in [7, 11) is 0. The Labute approximate surface area is 281 Å². The van der Waals surface area contributed by atoms with Gasteiger partial charge in [-0.2, -0.15) is 0 Å². The number of rotatable bonds is 13. The molecule has 2 heterocycles. The first-order valence-corrected chi connectivity index (χ1v) is 15.5. The van der Waals surface area contributed by atoms with Gasteiger partial charge in [0.2, 0.25) is 0 Å². The van der Waals surface area contributed by atoms with E-state index in [9.17, 15) is 24.0 Å². The molecule has 0 aromatic heterocycles. The van der Waals surface area contributed by atoms with E-state index < -0.39 is 54.4 Å². The van der Waals surface area contributed by atoms with Gasteiger partial charge in [0, 0.05) is 6.08 Å². The Balaban J connectivity index is 1.03. The van der Waals surface area contributed by atoms with Gasteiger partial charge in [0.15, 0.2) is 12.2 Å². The van der Waals surface area contributed by atoms with Crippen LogP contribution in [0, 0.1) is 6.92 Å². The van der Waals surface area contributed by atoms with Crippen LogP contribution in [0.25, 0.3) is 0 Å². The highest BCUT2D eigenvalue weighted by Gasteiger charge is 2.51. The SMILES string of the molecule is C=CC(=O)OCCCCOC(=O)Oc1ccc(C(=O)Oc2ccc(C(=O)O[C@@H]3CO[C@H]4[C@@H]3OC[C@H]4OC(=O)c3ccc(C)cc3)cc2)cc1. The molecule has 13 heteroatoms. The molecule has 0 aliphatic carbocycles. The van der Waals surface area contributed by atoms with Crippen LogP contribution in [0.2, 0.25) is 0 Å². The molecule has 0 N–H and O–H groups in total. The summed E-state index contributed by atoms with van der Waals surface area (Å²) in [6, 6.07) is 18.5. The largest absolute Gasteiger partial charge is 0.513 e. The number of ether oxygens (including phenoxy) is 8. The van der Waals surface area contributed by atoms with Gasteiger partial charge in [0.1, 0.15) is 23.7 Å². The fraction of sp³-hybridized carbons (Fsp3) is 0.306. The Morgan fingerprint density at radius 3 is 1.61 bits per heavy atom. The van der Waals surface area contributed by atoms with E-state index in [2.05, 4.69) is 6.58 Å². The van der Waals surface area contributed by atoms with Gasteiger partial charge in [0.25, 0.3) is 0 Å². The van der Waals surface area contributed by atoms with Crippen molar-refractivity contribution in [2.24, 2.45) is 0 Å². The zero-order valence-corrected chi connectivity index (χ0v) is 26.6. The summed E-state index contributed by atoms with van der Waals surface area (Å²) in [6.45, 7) is 5.67. The molecule has 2 saturated heterocycles. The first-order chi connectivity index (χ1) is 23.7. The number of unbranched alkanes of at least 4 members (excludes halogenated alkanes) is 1. The van der Waals surface area contributed by atoms with E-state index >= 15 is 0 Å². The number of hydrogen-bond donors (Lipinski definition) is 0. The van der Waals surface area contributed by atoms with Crippen LogP contribution in [0.4, 0.5) is 4.79 Å². The first kappa shape index (κ1) is 34.8.